The van der Waals surface area contributed by atoms with Gasteiger partial charge in [-0.1, -0.05) is 27.7 Å². The van der Waals surface area contributed by atoms with E-state index in [1.807, 2.05) is 45.0 Å². The van der Waals surface area contributed by atoms with Crippen LogP contribution in [0.15, 0.2) is 29.3 Å². The first-order valence-electron chi connectivity index (χ1n) is 8.17. The molecule has 1 rings (SSSR count). The summed E-state index contributed by atoms with van der Waals surface area (Å²) >= 11 is 0. The Morgan fingerprint density at radius 2 is 1.77 bits per heavy atom. The molecule has 0 radical (unpaired) electrons. The minimum atomic E-state index is 0.118. The van der Waals surface area contributed by atoms with Crippen LogP contribution in [0.1, 0.15) is 53.0 Å². The maximum Gasteiger partial charge on any atom is 0.135 e. The van der Waals surface area contributed by atoms with Crippen molar-refractivity contribution in [2.75, 3.05) is 13.2 Å². The Morgan fingerprint density at radius 1 is 1.14 bits per heavy atom. The van der Waals surface area contributed by atoms with Gasteiger partial charge in [-0.05, 0) is 49.1 Å². The molecule has 0 amide bonds. The second-order valence-electron chi connectivity index (χ2n) is 6.42. The third kappa shape index (κ3) is 6.88. The first-order chi connectivity index (χ1) is 10.4. The molecule has 3 nitrogen and oxygen atoms in total. The van der Waals surface area contributed by atoms with Crippen LogP contribution in [0.25, 0.3) is 0 Å². The van der Waals surface area contributed by atoms with E-state index in [1.165, 1.54) is 0 Å². The topological polar surface area (TPSA) is 38.7 Å². The van der Waals surface area contributed by atoms with Gasteiger partial charge in [-0.3, -0.25) is 9.79 Å². The van der Waals surface area contributed by atoms with Gasteiger partial charge in [0.1, 0.15) is 11.5 Å². The average molecular weight is 303 g/mol. The molecule has 0 aromatic heterocycles. The third-order valence-corrected chi connectivity index (χ3v) is 3.45. The molecule has 0 aliphatic heterocycles. The maximum atomic E-state index is 11.5. The number of rotatable bonds is 9. The van der Waals surface area contributed by atoms with Crippen LogP contribution in [0, 0.1) is 11.8 Å². The molecule has 1 aromatic rings. The number of nitrogens with zero attached hydrogens (tertiary/aromatic N) is 1. The molecule has 0 bridgehead atoms. The van der Waals surface area contributed by atoms with E-state index in [-0.39, 0.29) is 5.92 Å². The number of benzene rings is 1. The molecule has 1 aromatic carbocycles. The summed E-state index contributed by atoms with van der Waals surface area (Å²) in [5.74, 6) is 1.84. The van der Waals surface area contributed by atoms with Gasteiger partial charge in [0.05, 0.1) is 6.61 Å². The molecule has 0 aliphatic rings. The summed E-state index contributed by atoms with van der Waals surface area (Å²) in [5, 5.41) is 0. The van der Waals surface area contributed by atoms with E-state index in [2.05, 4.69) is 18.8 Å². The van der Waals surface area contributed by atoms with Crippen molar-refractivity contribution in [2.24, 2.45) is 16.8 Å². The fourth-order valence-electron chi connectivity index (χ4n) is 1.93. The number of hydrogen-bond donors (Lipinski definition) is 0. The standard InChI is InChI=1S/C19H29NO2/c1-14(2)13-20-16(5)17-8-10-18(11-9-17)22-12-6-7-19(21)15(3)4/h8-11,14-15H,6-7,12-13H2,1-5H3. The molecule has 122 valence electrons. The van der Waals surface area contributed by atoms with Crippen molar-refractivity contribution in [3.63, 3.8) is 0 Å². The van der Waals surface area contributed by atoms with Crippen LogP contribution >= 0.6 is 0 Å². The second-order valence-corrected chi connectivity index (χ2v) is 6.42. The van der Waals surface area contributed by atoms with Crippen molar-refractivity contribution in [1.29, 1.82) is 0 Å². The van der Waals surface area contributed by atoms with Gasteiger partial charge < -0.3 is 4.74 Å². The Hall–Kier alpha value is -1.64. The number of ether oxygens (including phenoxy) is 1. The van der Waals surface area contributed by atoms with Gasteiger partial charge in [-0.15, -0.1) is 0 Å². The van der Waals surface area contributed by atoms with Crippen LogP contribution < -0.4 is 4.74 Å². The highest BCUT2D eigenvalue weighted by atomic mass is 16.5. The molecule has 0 spiro atoms. The smallest absolute Gasteiger partial charge is 0.135 e. The molecule has 0 atom stereocenters. The monoisotopic (exact) mass is 303 g/mol. The Kier molecular flexibility index (Phi) is 7.86. The summed E-state index contributed by atoms with van der Waals surface area (Å²) in [7, 11) is 0. The average Bonchev–Trinajstić information content (AvgIpc) is 2.49. The number of ketones is 1. The zero-order valence-corrected chi connectivity index (χ0v) is 14.6. The van der Waals surface area contributed by atoms with E-state index in [9.17, 15) is 4.79 Å². The molecular formula is C19H29NO2. The summed E-state index contributed by atoms with van der Waals surface area (Å²) in [4.78, 5) is 16.1. The largest absolute Gasteiger partial charge is 0.494 e. The minimum absolute atomic E-state index is 0.118. The van der Waals surface area contributed by atoms with Gasteiger partial charge in [0, 0.05) is 24.6 Å². The first-order valence-corrected chi connectivity index (χ1v) is 8.17. The maximum absolute atomic E-state index is 11.5. The predicted octanol–water partition coefficient (Wildman–Crippen LogP) is 4.54. The van der Waals surface area contributed by atoms with E-state index in [1.54, 1.807) is 0 Å². The highest BCUT2D eigenvalue weighted by Gasteiger charge is 2.06. The number of carbonyl (C=O) groups excluding carboxylic acids is 1. The molecule has 0 saturated carbocycles. The van der Waals surface area contributed by atoms with E-state index >= 15 is 0 Å². The highest BCUT2D eigenvalue weighted by molar-refractivity contribution is 5.98. The van der Waals surface area contributed by atoms with E-state index in [0.29, 0.717) is 24.7 Å². The van der Waals surface area contributed by atoms with Crippen LogP contribution in [-0.4, -0.2) is 24.6 Å². The quantitative estimate of drug-likeness (QED) is 0.496. The lowest BCUT2D eigenvalue weighted by atomic mass is 10.1. The molecule has 0 saturated heterocycles. The summed E-state index contributed by atoms with van der Waals surface area (Å²) in [5.41, 5.74) is 2.19. The fraction of sp³-hybridized carbons (Fsp3) is 0.579. The molecule has 0 heterocycles. The molecule has 3 heteroatoms. The fourth-order valence-corrected chi connectivity index (χ4v) is 1.93. The van der Waals surface area contributed by atoms with Crippen LogP contribution in [0.3, 0.4) is 0 Å². The molecule has 0 N–H and O–H groups in total. The van der Waals surface area contributed by atoms with E-state index < -0.39 is 0 Å². The van der Waals surface area contributed by atoms with Crippen molar-refractivity contribution in [3.05, 3.63) is 29.8 Å². The highest BCUT2D eigenvalue weighted by Crippen LogP contribution is 2.14. The first kappa shape index (κ1) is 18.4. The van der Waals surface area contributed by atoms with Gasteiger partial charge in [-0.25, -0.2) is 0 Å². The summed E-state index contributed by atoms with van der Waals surface area (Å²) < 4.78 is 5.68. The van der Waals surface area contributed by atoms with Crippen LogP contribution in [-0.2, 0) is 4.79 Å². The second kappa shape index (κ2) is 9.39. The van der Waals surface area contributed by atoms with Gasteiger partial charge in [0.25, 0.3) is 0 Å². The van der Waals surface area contributed by atoms with Crippen LogP contribution in [0.4, 0.5) is 0 Å². The minimum Gasteiger partial charge on any atom is -0.494 e. The SMILES string of the molecule is CC(=NCC(C)C)c1ccc(OCCCC(=O)C(C)C)cc1. The van der Waals surface area contributed by atoms with Gasteiger partial charge in [0.15, 0.2) is 0 Å². The number of aliphatic imine (C=N–C) groups is 1. The zero-order valence-electron chi connectivity index (χ0n) is 14.6. The predicted molar refractivity (Wildman–Crippen MR) is 92.9 cm³/mol. The summed E-state index contributed by atoms with van der Waals surface area (Å²) in [6.45, 7) is 11.7. The van der Waals surface area contributed by atoms with E-state index in [0.717, 1.165) is 30.0 Å². The van der Waals surface area contributed by atoms with Crippen molar-refractivity contribution in [1.82, 2.24) is 0 Å². The molecule has 0 aliphatic carbocycles. The summed E-state index contributed by atoms with van der Waals surface area (Å²) in [6.07, 6.45) is 1.37. The molecular weight excluding hydrogens is 274 g/mol. The summed E-state index contributed by atoms with van der Waals surface area (Å²) in [6, 6.07) is 8.00. The van der Waals surface area contributed by atoms with Crippen molar-refractivity contribution >= 4 is 11.5 Å². The molecule has 0 unspecified atom stereocenters. The Balaban J connectivity index is 2.42. The lowest BCUT2D eigenvalue weighted by molar-refractivity contribution is -0.122. The van der Waals surface area contributed by atoms with Crippen molar-refractivity contribution < 1.29 is 9.53 Å². The number of Topliss-reactive ketones (excluding diaryl/α,β-unsaturated/α-hetero) is 1. The molecule has 0 fully saturated rings. The van der Waals surface area contributed by atoms with Gasteiger partial charge in [-0.2, -0.15) is 0 Å². The van der Waals surface area contributed by atoms with Gasteiger partial charge >= 0.3 is 0 Å². The van der Waals surface area contributed by atoms with Crippen LogP contribution in [0.5, 0.6) is 5.75 Å². The lowest BCUT2D eigenvalue weighted by Crippen LogP contribution is -2.09. The van der Waals surface area contributed by atoms with Crippen LogP contribution in [0.2, 0.25) is 0 Å². The van der Waals surface area contributed by atoms with Crippen molar-refractivity contribution in [3.8, 4) is 5.75 Å². The van der Waals surface area contributed by atoms with Gasteiger partial charge in [0.2, 0.25) is 0 Å². The molecule has 22 heavy (non-hydrogen) atoms. The normalized spacial score (nSPS) is 12.0. The third-order valence-electron chi connectivity index (χ3n) is 3.45. The zero-order chi connectivity index (χ0) is 16.5. The lowest BCUT2D eigenvalue weighted by Gasteiger charge is -2.08. The van der Waals surface area contributed by atoms with E-state index in [4.69, 9.17) is 4.74 Å². The Morgan fingerprint density at radius 3 is 2.32 bits per heavy atom. The van der Waals surface area contributed by atoms with Crippen molar-refractivity contribution in [2.45, 2.75) is 47.5 Å². The Labute approximate surface area is 134 Å². The number of hydrogen-bond acceptors (Lipinski definition) is 3. The Bertz CT molecular complexity index is 487. The number of carbonyl (C=O) groups is 1.